The molecule has 162 valence electrons. The van der Waals surface area contributed by atoms with Crippen molar-refractivity contribution in [2.75, 3.05) is 6.61 Å². The molecule has 1 aromatic carbocycles. The second-order valence-electron chi connectivity index (χ2n) is 6.91. The van der Waals surface area contributed by atoms with E-state index >= 15 is 0 Å². The first kappa shape index (κ1) is 21.2. The third-order valence-corrected chi connectivity index (χ3v) is 5.58. The zero-order chi connectivity index (χ0) is 22.3. The number of rotatable bonds is 5. The fourth-order valence-electron chi connectivity index (χ4n) is 3.46. The van der Waals surface area contributed by atoms with Crippen LogP contribution < -0.4 is 11.2 Å². The van der Waals surface area contributed by atoms with Gasteiger partial charge in [-0.1, -0.05) is 18.2 Å². The molecule has 3 aromatic rings. The number of carbonyl (C=O) groups is 2. The molecule has 4 rings (SSSR count). The van der Waals surface area contributed by atoms with Gasteiger partial charge in [-0.2, -0.15) is 0 Å². The molecule has 1 fully saturated rings. The van der Waals surface area contributed by atoms with Crippen molar-refractivity contribution < 1.29 is 29.3 Å². The Morgan fingerprint density at radius 3 is 2.68 bits per heavy atom. The van der Waals surface area contributed by atoms with Crippen LogP contribution >= 0.6 is 15.9 Å². The highest BCUT2D eigenvalue weighted by Gasteiger charge is 2.45. The van der Waals surface area contributed by atoms with Crippen LogP contribution in [0.15, 0.2) is 41.3 Å². The van der Waals surface area contributed by atoms with Gasteiger partial charge < -0.3 is 30.4 Å². The number of benzene rings is 1. The molecule has 12 heteroatoms. The van der Waals surface area contributed by atoms with Crippen LogP contribution in [0.2, 0.25) is 0 Å². The minimum Gasteiger partial charge on any atom is -0.459 e. The molecule has 0 saturated carbocycles. The number of nitrogens with two attached hydrogens (primary N) is 1. The number of nitrogens with one attached hydrogen (secondary N) is 2. The van der Waals surface area contributed by atoms with E-state index in [4.69, 9.17) is 20.6 Å². The van der Waals surface area contributed by atoms with Crippen LogP contribution in [0.3, 0.4) is 0 Å². The smallest absolute Gasteiger partial charge is 0.338 e. The summed E-state index contributed by atoms with van der Waals surface area (Å²) < 4.78 is 12.5. The Kier molecular flexibility index (Phi) is 5.62. The van der Waals surface area contributed by atoms with Gasteiger partial charge in [0.05, 0.1) is 21.1 Å². The molecule has 1 aliphatic heterocycles. The summed E-state index contributed by atoms with van der Waals surface area (Å²) in [5, 5.41) is 29.1. The first-order chi connectivity index (χ1) is 14.8. The molecule has 4 atom stereocenters. The number of H-pyrrole nitrogens is 1. The van der Waals surface area contributed by atoms with E-state index in [1.807, 2.05) is 0 Å². The molecular formula is C19H18BrN5O6. The monoisotopic (exact) mass is 491 g/mol. The summed E-state index contributed by atoms with van der Waals surface area (Å²) in [7, 11) is 0. The fraction of sp³-hybridized carbons (Fsp3) is 0.263. The number of esters is 1. The molecule has 31 heavy (non-hydrogen) atoms. The number of aliphatic hydroxyl groups excluding tert-OH is 2. The van der Waals surface area contributed by atoms with Crippen LogP contribution in [-0.4, -0.2) is 61.5 Å². The molecule has 6 N–H and O–H groups in total. The number of hydrogen-bond acceptors (Lipinski definition) is 8. The molecular weight excluding hydrogens is 474 g/mol. The Hall–Kier alpha value is -3.06. The Balaban J connectivity index is 1.60. The average molecular weight is 492 g/mol. The van der Waals surface area contributed by atoms with Crippen LogP contribution in [0.5, 0.6) is 0 Å². The van der Waals surface area contributed by atoms with Crippen molar-refractivity contribution in [1.82, 2.24) is 14.5 Å². The molecule has 0 aliphatic carbocycles. The van der Waals surface area contributed by atoms with Gasteiger partial charge in [0.2, 0.25) is 0 Å². The van der Waals surface area contributed by atoms with Crippen molar-refractivity contribution >= 4 is 38.8 Å². The van der Waals surface area contributed by atoms with E-state index in [0.717, 1.165) is 0 Å². The molecule has 1 amide bonds. The predicted octanol–water partition coefficient (Wildman–Crippen LogP) is 0.181. The highest BCUT2D eigenvalue weighted by atomic mass is 79.9. The maximum absolute atomic E-state index is 12.1. The summed E-state index contributed by atoms with van der Waals surface area (Å²) in [6.45, 7) is -0.295. The zero-order valence-electron chi connectivity index (χ0n) is 15.9. The minimum absolute atomic E-state index is 0.0308. The summed E-state index contributed by atoms with van der Waals surface area (Å²) in [4.78, 5) is 30.8. The van der Waals surface area contributed by atoms with E-state index in [-0.39, 0.29) is 33.3 Å². The highest BCUT2D eigenvalue weighted by molar-refractivity contribution is 9.10. The van der Waals surface area contributed by atoms with E-state index < -0.39 is 36.4 Å². The first-order valence-corrected chi connectivity index (χ1v) is 9.95. The normalized spacial score (nSPS) is 23.2. The standard InChI is InChI=1S/C19H18BrN5O6/c20-14-10(16(22)28)11-15(21)23-7-25(17(11)24-14)18-13(27)12(26)9(31-18)6-30-19(29)8-4-2-1-3-5-8/h1-5,7,9,12-13,18,21,24,26-27H,6H2,(H2,22,28)/t9-,12-,13+,18-/m0/s1. The largest absolute Gasteiger partial charge is 0.459 e. The Morgan fingerprint density at radius 1 is 1.29 bits per heavy atom. The summed E-state index contributed by atoms with van der Waals surface area (Å²) in [6.07, 6.45) is -3.67. The van der Waals surface area contributed by atoms with Gasteiger partial charge in [0.1, 0.15) is 36.9 Å². The van der Waals surface area contributed by atoms with Crippen molar-refractivity contribution in [2.24, 2.45) is 5.73 Å². The first-order valence-electron chi connectivity index (χ1n) is 9.16. The van der Waals surface area contributed by atoms with Crippen molar-refractivity contribution in [3.63, 3.8) is 0 Å². The number of carbonyl (C=O) groups excluding carboxylic acids is 2. The number of aromatic amines is 1. The Bertz CT molecular complexity index is 1210. The second kappa shape index (κ2) is 8.23. The van der Waals surface area contributed by atoms with Gasteiger partial charge in [0.15, 0.2) is 11.7 Å². The van der Waals surface area contributed by atoms with E-state index in [9.17, 15) is 19.8 Å². The minimum atomic E-state index is -1.40. The van der Waals surface area contributed by atoms with E-state index in [1.165, 1.54) is 10.9 Å². The Labute approximate surface area is 183 Å². The average Bonchev–Trinajstić information content (AvgIpc) is 3.25. The van der Waals surface area contributed by atoms with Crippen molar-refractivity contribution in [1.29, 1.82) is 5.41 Å². The summed E-state index contributed by atoms with van der Waals surface area (Å²) >= 11 is 3.20. The fourth-order valence-corrected chi connectivity index (χ4v) is 4.04. The number of aromatic nitrogens is 3. The maximum atomic E-state index is 12.1. The van der Waals surface area contributed by atoms with Gasteiger partial charge in [-0.3, -0.25) is 14.8 Å². The predicted molar refractivity (Wildman–Crippen MR) is 109 cm³/mol. The number of primary amides is 1. The lowest BCUT2D eigenvalue weighted by atomic mass is 10.1. The molecule has 3 heterocycles. The summed E-state index contributed by atoms with van der Waals surface area (Å²) in [5.41, 5.74) is 5.81. The molecule has 0 radical (unpaired) electrons. The highest BCUT2D eigenvalue weighted by Crippen LogP contribution is 2.33. The van der Waals surface area contributed by atoms with E-state index in [0.29, 0.717) is 5.56 Å². The lowest BCUT2D eigenvalue weighted by Gasteiger charge is -2.19. The number of fused-ring (bicyclic) bond motifs is 1. The molecule has 0 bridgehead atoms. The van der Waals surface area contributed by atoms with Crippen LogP contribution in [0, 0.1) is 5.41 Å². The van der Waals surface area contributed by atoms with Gasteiger partial charge >= 0.3 is 5.97 Å². The van der Waals surface area contributed by atoms with Gasteiger partial charge in [-0.15, -0.1) is 0 Å². The van der Waals surface area contributed by atoms with Crippen molar-refractivity contribution in [3.05, 3.63) is 57.9 Å². The van der Waals surface area contributed by atoms with Gasteiger partial charge in [0, 0.05) is 0 Å². The van der Waals surface area contributed by atoms with Crippen LogP contribution in [0.25, 0.3) is 11.0 Å². The summed E-state index contributed by atoms with van der Waals surface area (Å²) in [6, 6.07) is 8.32. The topological polar surface area (TPSA) is 177 Å². The number of hydrogen-bond donors (Lipinski definition) is 5. The van der Waals surface area contributed by atoms with E-state index in [1.54, 1.807) is 30.3 Å². The second-order valence-corrected chi connectivity index (χ2v) is 7.71. The van der Waals surface area contributed by atoms with Crippen LogP contribution in [-0.2, 0) is 9.47 Å². The van der Waals surface area contributed by atoms with Gasteiger partial charge in [0.25, 0.3) is 5.91 Å². The van der Waals surface area contributed by atoms with Crippen molar-refractivity contribution in [2.45, 2.75) is 24.5 Å². The third kappa shape index (κ3) is 3.74. The quantitative estimate of drug-likeness (QED) is 0.316. The Morgan fingerprint density at radius 2 is 2.00 bits per heavy atom. The lowest BCUT2D eigenvalue weighted by Crippen LogP contribution is -2.34. The SMILES string of the molecule is N=c1ncn([C@H]2O[C@@H](COC(=O)c3ccccc3)[C@H](O)[C@H]2O)c2[nH]c(Br)c(C(N)=O)c12. The van der Waals surface area contributed by atoms with Crippen LogP contribution in [0.4, 0.5) is 0 Å². The third-order valence-electron chi connectivity index (χ3n) is 4.99. The number of ether oxygens (including phenoxy) is 2. The zero-order valence-corrected chi connectivity index (χ0v) is 17.4. The number of nitrogens with zero attached hydrogens (tertiary/aromatic N) is 2. The molecule has 1 aliphatic rings. The summed E-state index contributed by atoms with van der Waals surface area (Å²) in [5.74, 6) is -1.37. The number of halogens is 1. The molecule has 0 unspecified atom stereocenters. The lowest BCUT2D eigenvalue weighted by molar-refractivity contribution is -0.0569. The molecule has 0 spiro atoms. The van der Waals surface area contributed by atoms with Crippen LogP contribution in [0.1, 0.15) is 26.9 Å². The molecule has 11 nitrogen and oxygen atoms in total. The molecule has 1 saturated heterocycles. The number of amides is 1. The van der Waals surface area contributed by atoms with Crippen molar-refractivity contribution in [3.8, 4) is 0 Å². The molecule has 2 aromatic heterocycles. The number of aliphatic hydroxyl groups is 2. The van der Waals surface area contributed by atoms with Gasteiger partial charge in [-0.25, -0.2) is 9.78 Å². The maximum Gasteiger partial charge on any atom is 0.338 e. The van der Waals surface area contributed by atoms with E-state index in [2.05, 4.69) is 25.9 Å². The van der Waals surface area contributed by atoms with Gasteiger partial charge in [-0.05, 0) is 28.1 Å².